The lowest BCUT2D eigenvalue weighted by atomic mass is 10.3. The lowest BCUT2D eigenvalue weighted by molar-refractivity contribution is -0.387. The maximum Gasteiger partial charge on any atom is 0.289 e. The van der Waals surface area contributed by atoms with E-state index in [1.165, 1.54) is 25.3 Å². The number of sulfonamides is 1. The van der Waals surface area contributed by atoms with Crippen molar-refractivity contribution in [2.75, 3.05) is 32.1 Å². The van der Waals surface area contributed by atoms with E-state index < -0.39 is 20.6 Å². The number of nitro benzene ring substituents is 1. The van der Waals surface area contributed by atoms with Crippen molar-refractivity contribution in [3.8, 4) is 0 Å². The van der Waals surface area contributed by atoms with E-state index in [1.807, 2.05) is 6.92 Å². The minimum atomic E-state index is -3.97. The average Bonchev–Trinajstić information content (AvgIpc) is 2.44. The molecular weight excluding hydrogens is 298 g/mol. The molecule has 1 rings (SSSR count). The molecule has 0 unspecified atom stereocenters. The summed E-state index contributed by atoms with van der Waals surface area (Å²) in [5.74, 6) is 0. The van der Waals surface area contributed by atoms with Crippen LogP contribution in [0.1, 0.15) is 13.3 Å². The molecule has 1 aromatic rings. The molecule has 0 fully saturated rings. The first kappa shape index (κ1) is 17.3. The maximum absolute atomic E-state index is 12.2. The fourth-order valence-corrected chi connectivity index (χ4v) is 2.82. The Hall–Kier alpha value is -1.71. The highest BCUT2D eigenvalue weighted by atomic mass is 32.2. The predicted molar refractivity (Wildman–Crippen MR) is 78.9 cm³/mol. The third kappa shape index (κ3) is 4.96. The Kier molecular flexibility index (Phi) is 6.53. The summed E-state index contributed by atoms with van der Waals surface area (Å²) in [5, 5.41) is 14.0. The number of nitrogens with zero attached hydrogens (tertiary/aromatic N) is 1. The summed E-state index contributed by atoms with van der Waals surface area (Å²) in [4.78, 5) is 9.92. The van der Waals surface area contributed by atoms with Gasteiger partial charge in [-0.2, -0.15) is 0 Å². The molecule has 0 spiro atoms. The van der Waals surface area contributed by atoms with Crippen molar-refractivity contribution in [3.05, 3.63) is 28.3 Å². The molecule has 9 heteroatoms. The van der Waals surface area contributed by atoms with Crippen LogP contribution >= 0.6 is 0 Å². The highest BCUT2D eigenvalue weighted by Crippen LogP contribution is 2.26. The van der Waals surface area contributed by atoms with Gasteiger partial charge in [0.15, 0.2) is 4.90 Å². The third-order valence-electron chi connectivity index (χ3n) is 2.62. The number of hydrogen-bond donors (Lipinski definition) is 2. The molecule has 0 aliphatic carbocycles. The van der Waals surface area contributed by atoms with Crippen LogP contribution in [-0.2, 0) is 14.8 Å². The van der Waals surface area contributed by atoms with E-state index in [1.54, 1.807) is 0 Å². The third-order valence-corrected chi connectivity index (χ3v) is 4.11. The fourth-order valence-electron chi connectivity index (χ4n) is 1.62. The summed E-state index contributed by atoms with van der Waals surface area (Å²) < 4.78 is 31.3. The largest absolute Gasteiger partial charge is 0.385 e. The van der Waals surface area contributed by atoms with Crippen molar-refractivity contribution in [1.29, 1.82) is 0 Å². The fraction of sp³-hybridized carbons (Fsp3) is 0.500. The molecule has 21 heavy (non-hydrogen) atoms. The number of anilines is 1. The molecule has 0 radical (unpaired) electrons. The number of methoxy groups -OCH3 is 1. The van der Waals surface area contributed by atoms with E-state index in [2.05, 4.69) is 10.0 Å². The van der Waals surface area contributed by atoms with Crippen molar-refractivity contribution < 1.29 is 18.1 Å². The zero-order chi connectivity index (χ0) is 15.9. The molecule has 0 heterocycles. The van der Waals surface area contributed by atoms with Gasteiger partial charge in [0.25, 0.3) is 5.69 Å². The lowest BCUT2D eigenvalue weighted by Gasteiger charge is -2.10. The van der Waals surface area contributed by atoms with E-state index in [4.69, 9.17) is 4.74 Å². The maximum atomic E-state index is 12.2. The second-order valence-electron chi connectivity index (χ2n) is 4.26. The molecule has 0 aliphatic rings. The van der Waals surface area contributed by atoms with E-state index in [0.29, 0.717) is 12.2 Å². The molecule has 0 saturated heterocycles. The van der Waals surface area contributed by atoms with Crippen molar-refractivity contribution in [2.45, 2.75) is 18.2 Å². The Bertz CT molecular complexity index is 589. The summed E-state index contributed by atoms with van der Waals surface area (Å²) in [6.45, 7) is 2.83. The number of hydrogen-bond acceptors (Lipinski definition) is 6. The van der Waals surface area contributed by atoms with Crippen molar-refractivity contribution >= 4 is 21.4 Å². The van der Waals surface area contributed by atoms with E-state index >= 15 is 0 Å². The zero-order valence-corrected chi connectivity index (χ0v) is 12.8. The first-order chi connectivity index (χ1) is 9.92. The van der Waals surface area contributed by atoms with Gasteiger partial charge in [-0.15, -0.1) is 0 Å². The standard InChI is InChI=1S/C12H19N3O5S/c1-3-6-13-10-4-5-11(15(16)17)12(9-10)21(18,19)14-7-8-20-2/h4-5,9,13-14H,3,6-8H2,1-2H3. The molecule has 8 nitrogen and oxygen atoms in total. The highest BCUT2D eigenvalue weighted by Gasteiger charge is 2.25. The monoisotopic (exact) mass is 317 g/mol. The number of nitrogens with one attached hydrogen (secondary N) is 2. The van der Waals surface area contributed by atoms with Crippen LogP contribution in [-0.4, -0.2) is 40.1 Å². The van der Waals surface area contributed by atoms with Crippen LogP contribution in [0.4, 0.5) is 11.4 Å². The predicted octanol–water partition coefficient (Wildman–Crippen LogP) is 1.34. The molecule has 118 valence electrons. The van der Waals surface area contributed by atoms with Gasteiger partial charge < -0.3 is 10.1 Å². The van der Waals surface area contributed by atoms with Gasteiger partial charge in [0, 0.05) is 32.0 Å². The Labute approximate surface area is 123 Å². The van der Waals surface area contributed by atoms with Gasteiger partial charge in [-0.05, 0) is 18.6 Å². The van der Waals surface area contributed by atoms with Gasteiger partial charge >= 0.3 is 0 Å². The highest BCUT2D eigenvalue weighted by molar-refractivity contribution is 7.89. The molecule has 0 saturated carbocycles. The molecular formula is C12H19N3O5S. The van der Waals surface area contributed by atoms with Gasteiger partial charge in [-0.25, -0.2) is 13.1 Å². The summed E-state index contributed by atoms with van der Waals surface area (Å²) in [6.07, 6.45) is 0.852. The Morgan fingerprint density at radius 3 is 2.62 bits per heavy atom. The Morgan fingerprint density at radius 2 is 2.05 bits per heavy atom. The lowest BCUT2D eigenvalue weighted by Crippen LogP contribution is -2.27. The molecule has 0 bridgehead atoms. The normalized spacial score (nSPS) is 11.3. The van der Waals surface area contributed by atoms with Crippen LogP contribution in [0.25, 0.3) is 0 Å². The topological polar surface area (TPSA) is 111 Å². The molecule has 0 atom stereocenters. The van der Waals surface area contributed by atoms with E-state index in [0.717, 1.165) is 6.42 Å². The molecule has 2 N–H and O–H groups in total. The first-order valence-electron chi connectivity index (χ1n) is 6.43. The molecule has 0 aliphatic heterocycles. The van der Waals surface area contributed by atoms with Crippen LogP contribution < -0.4 is 10.0 Å². The number of nitro groups is 1. The molecule has 1 aromatic carbocycles. The van der Waals surface area contributed by atoms with Gasteiger partial charge in [0.2, 0.25) is 10.0 Å². The van der Waals surface area contributed by atoms with Crippen LogP contribution in [0.15, 0.2) is 23.1 Å². The Morgan fingerprint density at radius 1 is 1.33 bits per heavy atom. The van der Waals surface area contributed by atoms with E-state index in [-0.39, 0.29) is 18.0 Å². The van der Waals surface area contributed by atoms with Crippen LogP contribution in [0.5, 0.6) is 0 Å². The van der Waals surface area contributed by atoms with Crippen molar-refractivity contribution in [3.63, 3.8) is 0 Å². The first-order valence-corrected chi connectivity index (χ1v) is 7.91. The second kappa shape index (κ2) is 7.91. The number of rotatable bonds is 9. The molecule has 0 aromatic heterocycles. The molecule has 0 amide bonds. The minimum Gasteiger partial charge on any atom is -0.385 e. The number of benzene rings is 1. The number of ether oxygens (including phenoxy) is 1. The van der Waals surface area contributed by atoms with Gasteiger partial charge in [-0.3, -0.25) is 10.1 Å². The van der Waals surface area contributed by atoms with Crippen molar-refractivity contribution in [1.82, 2.24) is 4.72 Å². The summed E-state index contributed by atoms with van der Waals surface area (Å²) in [7, 11) is -2.53. The quantitative estimate of drug-likeness (QED) is 0.404. The Balaban J connectivity index is 3.13. The SMILES string of the molecule is CCCNc1ccc([N+](=O)[O-])c(S(=O)(=O)NCCOC)c1. The van der Waals surface area contributed by atoms with Crippen molar-refractivity contribution in [2.24, 2.45) is 0 Å². The smallest absolute Gasteiger partial charge is 0.289 e. The summed E-state index contributed by atoms with van der Waals surface area (Å²) in [5.41, 5.74) is 0.0662. The summed E-state index contributed by atoms with van der Waals surface area (Å²) in [6, 6.07) is 3.94. The van der Waals surface area contributed by atoms with E-state index in [9.17, 15) is 18.5 Å². The second-order valence-corrected chi connectivity index (χ2v) is 5.99. The average molecular weight is 317 g/mol. The van der Waals surface area contributed by atoms with Gasteiger partial charge in [0.05, 0.1) is 11.5 Å². The van der Waals surface area contributed by atoms with Crippen LogP contribution in [0.2, 0.25) is 0 Å². The minimum absolute atomic E-state index is 0.0442. The summed E-state index contributed by atoms with van der Waals surface area (Å²) >= 11 is 0. The van der Waals surface area contributed by atoms with Gasteiger partial charge in [0.1, 0.15) is 0 Å². The zero-order valence-electron chi connectivity index (χ0n) is 12.0. The van der Waals surface area contributed by atoms with Crippen LogP contribution in [0.3, 0.4) is 0 Å². The van der Waals surface area contributed by atoms with Gasteiger partial charge in [-0.1, -0.05) is 6.92 Å². The van der Waals surface area contributed by atoms with Crippen LogP contribution in [0, 0.1) is 10.1 Å².